The Morgan fingerprint density at radius 1 is 1.12 bits per heavy atom. The number of carbonyl (C=O) groups excluding carboxylic acids is 1. The number of rotatable bonds is 8. The van der Waals surface area contributed by atoms with E-state index < -0.39 is 21.4 Å². The molecule has 1 fully saturated rings. The van der Waals surface area contributed by atoms with Crippen LogP contribution in [0.1, 0.15) is 69.1 Å². The second-order valence-corrected chi connectivity index (χ2v) is 12.0. The highest BCUT2D eigenvalue weighted by Crippen LogP contribution is 2.30. The maximum atomic E-state index is 14.2. The molecule has 3 heterocycles. The molecule has 2 aliphatic heterocycles. The molecule has 0 aliphatic carbocycles. The van der Waals surface area contributed by atoms with E-state index in [1.165, 1.54) is 18.2 Å². The molecular weight excluding hydrogens is 457 g/mol. The summed E-state index contributed by atoms with van der Waals surface area (Å²) in [4.78, 5) is 15.3. The van der Waals surface area contributed by atoms with Crippen LogP contribution in [0.4, 0.5) is 4.39 Å². The van der Waals surface area contributed by atoms with Crippen molar-refractivity contribution in [2.45, 2.75) is 76.4 Å². The van der Waals surface area contributed by atoms with Gasteiger partial charge in [-0.15, -0.1) is 0 Å². The molecule has 7 nitrogen and oxygen atoms in total. The summed E-state index contributed by atoms with van der Waals surface area (Å²) in [6, 6.07) is 4.49. The summed E-state index contributed by atoms with van der Waals surface area (Å²) in [7, 11) is -3.93. The van der Waals surface area contributed by atoms with Crippen LogP contribution in [0.15, 0.2) is 23.2 Å². The molecule has 0 bridgehead atoms. The zero-order valence-corrected chi connectivity index (χ0v) is 21.2. The first-order valence-electron chi connectivity index (χ1n) is 12.1. The number of carbonyl (C=O) groups is 1. The summed E-state index contributed by atoms with van der Waals surface area (Å²) < 4.78 is 47.7. The van der Waals surface area contributed by atoms with Crippen LogP contribution >= 0.6 is 0 Å². The van der Waals surface area contributed by atoms with E-state index in [9.17, 15) is 17.6 Å². The van der Waals surface area contributed by atoms with E-state index in [-0.39, 0.29) is 35.1 Å². The van der Waals surface area contributed by atoms with Crippen molar-refractivity contribution in [1.29, 1.82) is 0 Å². The molecule has 34 heavy (non-hydrogen) atoms. The minimum Gasteiger partial charge on any atom is -0.476 e. The van der Waals surface area contributed by atoms with Crippen molar-refractivity contribution in [1.82, 2.24) is 14.7 Å². The Kier molecular flexibility index (Phi) is 7.14. The van der Waals surface area contributed by atoms with Crippen molar-refractivity contribution < 1.29 is 22.3 Å². The summed E-state index contributed by atoms with van der Waals surface area (Å²) in [5, 5.41) is 4.15. The Labute approximate surface area is 201 Å². The second-order valence-electron chi connectivity index (χ2n) is 10.1. The normalized spacial score (nSPS) is 19.0. The minimum absolute atomic E-state index is 0.00757. The Bertz CT molecular complexity index is 1140. The summed E-state index contributed by atoms with van der Waals surface area (Å²) in [5.41, 5.74) is 2.22. The average molecular weight is 492 g/mol. The van der Waals surface area contributed by atoms with Crippen molar-refractivity contribution in [3.8, 4) is 5.88 Å². The van der Waals surface area contributed by atoms with E-state index in [0.29, 0.717) is 19.0 Å². The fraction of sp³-hybridized carbons (Fsp3) is 0.600. The predicted octanol–water partition coefficient (Wildman–Crippen LogP) is 3.71. The van der Waals surface area contributed by atoms with E-state index in [0.717, 1.165) is 42.6 Å². The van der Waals surface area contributed by atoms with Crippen LogP contribution in [-0.4, -0.2) is 60.4 Å². The van der Waals surface area contributed by atoms with Crippen LogP contribution < -0.4 is 4.74 Å². The van der Waals surface area contributed by atoms with Crippen molar-refractivity contribution in [2.75, 3.05) is 25.4 Å². The van der Waals surface area contributed by atoms with Crippen molar-refractivity contribution in [3.63, 3.8) is 0 Å². The monoisotopic (exact) mass is 491 g/mol. The number of benzene rings is 1. The van der Waals surface area contributed by atoms with Crippen molar-refractivity contribution in [3.05, 3.63) is 40.7 Å². The molecule has 1 atom stereocenters. The summed E-state index contributed by atoms with van der Waals surface area (Å²) >= 11 is 0. The van der Waals surface area contributed by atoms with Crippen molar-refractivity contribution in [2.24, 2.45) is 0 Å². The number of hydrogen-bond acceptors (Lipinski definition) is 6. The predicted molar refractivity (Wildman–Crippen MR) is 128 cm³/mol. The fourth-order valence-electron chi connectivity index (χ4n) is 4.99. The van der Waals surface area contributed by atoms with E-state index in [1.54, 1.807) is 4.68 Å². The third-order valence-electron chi connectivity index (χ3n) is 6.76. The molecule has 0 amide bonds. The summed E-state index contributed by atoms with van der Waals surface area (Å²) in [6.07, 6.45) is 2.27. The topological polar surface area (TPSA) is 81.5 Å². The zero-order chi connectivity index (χ0) is 24.6. The Balaban J connectivity index is 1.51. The average Bonchev–Trinajstić information content (AvgIpc) is 3.43. The van der Waals surface area contributed by atoms with Gasteiger partial charge in [-0.2, -0.15) is 5.10 Å². The van der Waals surface area contributed by atoms with E-state index in [1.807, 2.05) is 27.7 Å². The molecule has 1 aromatic heterocycles. The fourth-order valence-corrected chi connectivity index (χ4v) is 6.16. The van der Waals surface area contributed by atoms with Gasteiger partial charge < -0.3 is 4.74 Å². The van der Waals surface area contributed by atoms with Crippen LogP contribution in [0.5, 0.6) is 5.88 Å². The van der Waals surface area contributed by atoms with Gasteiger partial charge in [0.15, 0.2) is 10.8 Å². The third-order valence-corrected chi connectivity index (χ3v) is 8.30. The van der Waals surface area contributed by atoms with Gasteiger partial charge in [0.2, 0.25) is 15.7 Å². The van der Waals surface area contributed by atoms with Crippen LogP contribution in [-0.2, 0) is 27.6 Å². The summed E-state index contributed by atoms with van der Waals surface area (Å²) in [6.45, 7) is 10.9. The number of ketones is 1. The van der Waals surface area contributed by atoms with Crippen LogP contribution in [0, 0.1) is 5.82 Å². The van der Waals surface area contributed by atoms with Gasteiger partial charge in [-0.05, 0) is 66.6 Å². The number of likely N-dealkylation sites (tertiary alicyclic amines) is 1. The van der Waals surface area contributed by atoms with Gasteiger partial charge in [-0.25, -0.2) is 17.5 Å². The minimum atomic E-state index is -3.93. The van der Waals surface area contributed by atoms with Gasteiger partial charge in [-0.1, -0.05) is 27.7 Å². The highest BCUT2D eigenvalue weighted by Gasteiger charge is 2.31. The van der Waals surface area contributed by atoms with E-state index >= 15 is 0 Å². The highest BCUT2D eigenvalue weighted by molar-refractivity contribution is 7.92. The van der Waals surface area contributed by atoms with Gasteiger partial charge in [0, 0.05) is 12.5 Å². The first-order chi connectivity index (χ1) is 16.0. The number of hydrogen-bond donors (Lipinski definition) is 0. The van der Waals surface area contributed by atoms with Gasteiger partial charge >= 0.3 is 0 Å². The maximum absolute atomic E-state index is 14.2. The number of aromatic nitrogens is 2. The van der Waals surface area contributed by atoms with Crippen LogP contribution in [0.25, 0.3) is 0 Å². The number of fused-ring (bicyclic) bond motifs is 1. The molecule has 2 aromatic rings. The van der Waals surface area contributed by atoms with Crippen LogP contribution in [0.3, 0.4) is 0 Å². The number of halogens is 1. The van der Waals surface area contributed by atoms with Crippen molar-refractivity contribution >= 4 is 15.6 Å². The Hall–Kier alpha value is -2.26. The summed E-state index contributed by atoms with van der Waals surface area (Å²) in [5.74, 6) is -0.985. The molecule has 2 aliphatic rings. The largest absolute Gasteiger partial charge is 0.476 e. The molecule has 9 heteroatoms. The lowest BCUT2D eigenvalue weighted by Gasteiger charge is -2.31. The molecule has 0 saturated carbocycles. The smallest absolute Gasteiger partial charge is 0.213 e. The van der Waals surface area contributed by atoms with Gasteiger partial charge in [0.1, 0.15) is 18.2 Å². The molecular formula is C25H34FN3O4S. The lowest BCUT2D eigenvalue weighted by Crippen LogP contribution is -2.43. The first-order valence-corrected chi connectivity index (χ1v) is 13.7. The molecule has 1 saturated heterocycles. The zero-order valence-electron chi connectivity index (χ0n) is 20.4. The van der Waals surface area contributed by atoms with Gasteiger partial charge in [0.25, 0.3) is 0 Å². The molecule has 0 N–H and O–H groups in total. The SMILES string of the molecule is CC(C)c1cc(F)cc(C(C)C)c1CC(=O)CS(=O)(=O)c1cc2n(n1)CC(N1CCCC1)CO2. The molecule has 0 spiro atoms. The first kappa shape index (κ1) is 24.9. The Morgan fingerprint density at radius 2 is 1.74 bits per heavy atom. The lowest BCUT2D eigenvalue weighted by molar-refractivity contribution is -0.116. The number of sulfone groups is 1. The number of Topliss-reactive ketones (excluding diaryl/α,β-unsaturated/α-hetero) is 1. The van der Waals surface area contributed by atoms with E-state index in [4.69, 9.17) is 4.74 Å². The third kappa shape index (κ3) is 5.20. The molecule has 186 valence electrons. The number of ether oxygens (including phenoxy) is 1. The highest BCUT2D eigenvalue weighted by atomic mass is 32.2. The van der Waals surface area contributed by atoms with E-state index in [2.05, 4.69) is 10.00 Å². The number of nitrogens with zero attached hydrogens (tertiary/aromatic N) is 3. The standard InChI is InChI=1S/C25H34FN3O4S/c1-16(2)21-9-18(26)10-22(17(3)4)23(21)11-20(30)15-34(31,32)24-12-25-29(27-24)13-19(14-33-25)28-7-5-6-8-28/h9-10,12,16-17,19H,5-8,11,13-15H2,1-4H3. The molecule has 1 unspecified atom stereocenters. The quantitative estimate of drug-likeness (QED) is 0.560. The molecule has 4 rings (SSSR count). The second kappa shape index (κ2) is 9.77. The van der Waals surface area contributed by atoms with Gasteiger partial charge in [-0.3, -0.25) is 9.69 Å². The Morgan fingerprint density at radius 3 is 2.32 bits per heavy atom. The maximum Gasteiger partial charge on any atom is 0.213 e. The van der Waals surface area contributed by atoms with Gasteiger partial charge in [0.05, 0.1) is 12.6 Å². The molecule has 0 radical (unpaired) electrons. The molecule has 1 aromatic carbocycles. The van der Waals surface area contributed by atoms with Crippen LogP contribution in [0.2, 0.25) is 0 Å². The lowest BCUT2D eigenvalue weighted by atomic mass is 9.86.